The van der Waals surface area contributed by atoms with E-state index in [0.717, 1.165) is 22.3 Å². The van der Waals surface area contributed by atoms with Crippen molar-refractivity contribution < 1.29 is 19.8 Å². The van der Waals surface area contributed by atoms with E-state index < -0.39 is 28.9 Å². The van der Waals surface area contributed by atoms with Crippen LogP contribution in [-0.4, -0.2) is 33.9 Å². The SMILES string of the molecule is CC(C(=O)C(N)(CN)C(=O)C(C)c1cc(C(C)(C)C)c(O)c(C(C)(C)C)c1)c1cc(C(C)(C)C)c(O)c(C(C)(C)C)c1. The lowest BCUT2D eigenvalue weighted by Crippen LogP contribution is -2.62. The number of nitrogens with two attached hydrogens (primary N) is 2. The van der Waals surface area contributed by atoms with E-state index >= 15 is 0 Å². The van der Waals surface area contributed by atoms with Crippen LogP contribution in [0, 0.1) is 0 Å². The van der Waals surface area contributed by atoms with Crippen molar-refractivity contribution in [1.29, 1.82) is 0 Å². The summed E-state index contributed by atoms with van der Waals surface area (Å²) in [4.78, 5) is 28.3. The Bertz CT molecular complexity index is 1170. The summed E-state index contributed by atoms with van der Waals surface area (Å²) in [6.45, 7) is 27.3. The molecule has 0 saturated heterocycles. The second-order valence-corrected chi connectivity index (χ2v) is 16.3. The zero-order valence-corrected chi connectivity index (χ0v) is 28.5. The van der Waals surface area contributed by atoms with Crippen LogP contribution in [0.2, 0.25) is 0 Å². The number of hydrogen-bond acceptors (Lipinski definition) is 6. The maximum absolute atomic E-state index is 14.2. The van der Waals surface area contributed by atoms with Gasteiger partial charge < -0.3 is 21.7 Å². The number of hydrogen-bond donors (Lipinski definition) is 4. The number of ketones is 2. The molecule has 2 unspecified atom stereocenters. The van der Waals surface area contributed by atoms with E-state index in [-0.39, 0.29) is 39.7 Å². The van der Waals surface area contributed by atoms with Gasteiger partial charge in [0.05, 0.1) is 0 Å². The predicted octanol–water partition coefficient (Wildman–Crippen LogP) is 6.99. The van der Waals surface area contributed by atoms with Crippen LogP contribution >= 0.6 is 0 Å². The maximum atomic E-state index is 14.2. The molecule has 6 heteroatoms. The number of phenolic OH excluding ortho intramolecular Hbond substituents is 2. The topological polar surface area (TPSA) is 127 Å². The Morgan fingerprint density at radius 3 is 0.976 bits per heavy atom. The van der Waals surface area contributed by atoms with Gasteiger partial charge in [-0.2, -0.15) is 0 Å². The second kappa shape index (κ2) is 11.4. The lowest BCUT2D eigenvalue weighted by Gasteiger charge is -2.33. The van der Waals surface area contributed by atoms with Crippen molar-refractivity contribution in [1.82, 2.24) is 0 Å². The van der Waals surface area contributed by atoms with Crippen LogP contribution in [0.5, 0.6) is 11.5 Å². The highest BCUT2D eigenvalue weighted by molar-refractivity contribution is 6.15. The lowest BCUT2D eigenvalue weighted by atomic mass is 9.72. The molecular weight excluding hydrogens is 524 g/mol. The minimum absolute atomic E-state index is 0.220. The number of carbonyl (C=O) groups is 2. The molecule has 0 radical (unpaired) electrons. The minimum atomic E-state index is -1.93. The fourth-order valence-electron chi connectivity index (χ4n) is 5.50. The van der Waals surface area contributed by atoms with Gasteiger partial charge in [0.25, 0.3) is 0 Å². The first kappa shape index (κ1) is 35.5. The van der Waals surface area contributed by atoms with E-state index in [1.165, 1.54) is 0 Å². The van der Waals surface area contributed by atoms with Gasteiger partial charge in [-0.25, -0.2) is 0 Å². The van der Waals surface area contributed by atoms with Gasteiger partial charge in [0.1, 0.15) is 17.0 Å². The Morgan fingerprint density at radius 2 is 0.810 bits per heavy atom. The van der Waals surface area contributed by atoms with E-state index in [2.05, 4.69) is 0 Å². The van der Waals surface area contributed by atoms with Gasteiger partial charge in [-0.1, -0.05) is 121 Å². The molecule has 0 aromatic heterocycles. The third-order valence-corrected chi connectivity index (χ3v) is 8.48. The highest BCUT2D eigenvalue weighted by atomic mass is 16.3. The van der Waals surface area contributed by atoms with Gasteiger partial charge >= 0.3 is 0 Å². The van der Waals surface area contributed by atoms with Crippen LogP contribution in [0.15, 0.2) is 24.3 Å². The number of benzene rings is 2. The molecule has 0 heterocycles. The summed E-state index contributed by atoms with van der Waals surface area (Å²) in [6.07, 6.45) is 0. The zero-order valence-electron chi connectivity index (χ0n) is 28.5. The first-order valence-corrected chi connectivity index (χ1v) is 15.0. The third-order valence-electron chi connectivity index (χ3n) is 8.48. The maximum Gasteiger partial charge on any atom is 0.168 e. The highest BCUT2D eigenvalue weighted by Crippen LogP contribution is 2.43. The molecule has 2 aromatic carbocycles. The Hall–Kier alpha value is -2.70. The molecule has 0 aliphatic rings. The summed E-state index contributed by atoms with van der Waals surface area (Å²) < 4.78 is 0. The molecular formula is C36H56N2O4. The molecule has 0 fully saturated rings. The molecule has 2 aromatic rings. The third kappa shape index (κ3) is 6.92. The minimum Gasteiger partial charge on any atom is -0.507 e. The summed E-state index contributed by atoms with van der Waals surface area (Å²) in [5.74, 6) is -1.97. The molecule has 0 saturated carbocycles. The smallest absolute Gasteiger partial charge is 0.168 e. The van der Waals surface area contributed by atoms with E-state index in [1.54, 1.807) is 13.8 Å². The number of Topliss-reactive ketones (excluding diaryl/α,β-unsaturated/α-hetero) is 2. The predicted molar refractivity (Wildman–Crippen MR) is 174 cm³/mol. The van der Waals surface area contributed by atoms with Crippen LogP contribution in [0.1, 0.15) is 142 Å². The average molecular weight is 581 g/mol. The molecule has 0 aliphatic carbocycles. The quantitative estimate of drug-likeness (QED) is 0.262. The van der Waals surface area contributed by atoms with Crippen LogP contribution in [0.25, 0.3) is 0 Å². The fraction of sp³-hybridized carbons (Fsp3) is 0.611. The molecule has 2 rings (SSSR count). The van der Waals surface area contributed by atoms with Gasteiger partial charge in [0, 0.05) is 18.4 Å². The molecule has 0 amide bonds. The molecule has 6 nitrogen and oxygen atoms in total. The monoisotopic (exact) mass is 580 g/mol. The van der Waals surface area contributed by atoms with Gasteiger partial charge in [-0.15, -0.1) is 0 Å². The highest BCUT2D eigenvalue weighted by Gasteiger charge is 2.46. The van der Waals surface area contributed by atoms with E-state index in [9.17, 15) is 19.8 Å². The molecule has 0 aliphatic heterocycles. The van der Waals surface area contributed by atoms with Crippen LogP contribution in [-0.2, 0) is 31.2 Å². The van der Waals surface area contributed by atoms with E-state index in [0.29, 0.717) is 11.1 Å². The standard InChI is InChI=1S/C36H56N2O4/c1-20(22-15-24(32(3,4)5)28(39)25(16-22)33(6,7)8)30(41)36(38,19-37)31(42)21(2)23-17-26(34(9,10)11)29(40)27(18-23)35(12,13)14/h15-18,20-21,39-40H,19,37-38H2,1-14H3. The van der Waals surface area contributed by atoms with Crippen LogP contribution < -0.4 is 11.5 Å². The lowest BCUT2D eigenvalue weighted by molar-refractivity contribution is -0.135. The van der Waals surface area contributed by atoms with Gasteiger partial charge in [0.15, 0.2) is 11.6 Å². The molecule has 0 bridgehead atoms. The Morgan fingerprint density at radius 1 is 0.595 bits per heavy atom. The number of aromatic hydroxyl groups is 2. The Kier molecular flexibility index (Phi) is 9.65. The molecule has 6 N–H and O–H groups in total. The molecule has 0 spiro atoms. The van der Waals surface area contributed by atoms with Crippen molar-refractivity contribution in [2.24, 2.45) is 11.5 Å². The van der Waals surface area contributed by atoms with Gasteiger partial charge in [-0.05, 0) is 55.0 Å². The summed E-state index contributed by atoms with van der Waals surface area (Å²) in [7, 11) is 0. The first-order chi connectivity index (χ1) is 18.7. The summed E-state index contributed by atoms with van der Waals surface area (Å²) in [5.41, 5.74) is 13.7. The first-order valence-electron chi connectivity index (χ1n) is 15.0. The van der Waals surface area contributed by atoms with Crippen molar-refractivity contribution in [2.75, 3.05) is 6.54 Å². The summed E-state index contributed by atoms with van der Waals surface area (Å²) in [6, 6.07) is 7.40. The fourth-order valence-corrected chi connectivity index (χ4v) is 5.50. The van der Waals surface area contributed by atoms with Crippen LogP contribution in [0.3, 0.4) is 0 Å². The molecule has 42 heavy (non-hydrogen) atoms. The number of carbonyl (C=O) groups excluding carboxylic acids is 2. The molecule has 234 valence electrons. The average Bonchev–Trinajstić information content (AvgIpc) is 2.83. The van der Waals surface area contributed by atoms with E-state index in [4.69, 9.17) is 11.5 Å². The normalized spacial score (nSPS) is 16.1. The Balaban J connectivity index is 2.68. The largest absolute Gasteiger partial charge is 0.507 e. The van der Waals surface area contributed by atoms with Crippen molar-refractivity contribution in [2.45, 2.75) is 136 Å². The van der Waals surface area contributed by atoms with Crippen LogP contribution in [0.4, 0.5) is 0 Å². The number of rotatable bonds is 7. The molecule has 2 atom stereocenters. The number of phenols is 2. The zero-order chi connectivity index (χ0) is 33.0. The van der Waals surface area contributed by atoms with E-state index in [1.807, 2.05) is 107 Å². The van der Waals surface area contributed by atoms with Crippen molar-refractivity contribution >= 4 is 11.6 Å². The van der Waals surface area contributed by atoms with Crippen molar-refractivity contribution in [3.63, 3.8) is 0 Å². The Labute approximate surface area is 254 Å². The van der Waals surface area contributed by atoms with Gasteiger partial charge in [0.2, 0.25) is 0 Å². The second-order valence-electron chi connectivity index (χ2n) is 16.3. The van der Waals surface area contributed by atoms with Crippen molar-refractivity contribution in [3.05, 3.63) is 57.6 Å². The summed E-state index contributed by atoms with van der Waals surface area (Å²) >= 11 is 0. The summed E-state index contributed by atoms with van der Waals surface area (Å²) in [5, 5.41) is 22.4. The van der Waals surface area contributed by atoms with Crippen molar-refractivity contribution in [3.8, 4) is 11.5 Å². The van der Waals surface area contributed by atoms with Gasteiger partial charge in [-0.3, -0.25) is 9.59 Å².